The number of hydrogen-bond acceptors (Lipinski definition) is 7. The molecule has 0 aliphatic carbocycles. The molecule has 26 heavy (non-hydrogen) atoms. The second-order valence-electron chi connectivity index (χ2n) is 6.58. The Kier molecular flexibility index (Phi) is 4.73. The summed E-state index contributed by atoms with van der Waals surface area (Å²) in [7, 11) is 0. The Bertz CT molecular complexity index is 867. The summed E-state index contributed by atoms with van der Waals surface area (Å²) < 4.78 is 11.9. The molecule has 7 nitrogen and oxygen atoms in total. The van der Waals surface area contributed by atoms with E-state index in [0.29, 0.717) is 18.3 Å². The van der Waals surface area contributed by atoms with Crippen LogP contribution in [0.1, 0.15) is 30.2 Å². The van der Waals surface area contributed by atoms with Crippen molar-refractivity contribution < 1.29 is 9.15 Å². The predicted molar refractivity (Wildman–Crippen MR) is 95.1 cm³/mol. The summed E-state index contributed by atoms with van der Waals surface area (Å²) in [5, 5.41) is 8.37. The summed E-state index contributed by atoms with van der Waals surface area (Å²) in [4.78, 5) is 10.6. The van der Waals surface area contributed by atoms with Gasteiger partial charge >= 0.3 is 0 Å². The van der Waals surface area contributed by atoms with Gasteiger partial charge in [0.25, 0.3) is 5.89 Å². The Hall–Kier alpha value is -2.64. The van der Waals surface area contributed by atoms with Crippen molar-refractivity contribution >= 4 is 0 Å². The lowest BCUT2D eigenvalue weighted by Gasteiger charge is -2.35. The Balaban J connectivity index is 1.51. The molecule has 1 aliphatic rings. The van der Waals surface area contributed by atoms with E-state index in [1.807, 2.05) is 13.0 Å². The third-order valence-corrected chi connectivity index (χ3v) is 4.44. The molecular weight excluding hydrogens is 330 g/mol. The molecule has 1 fully saturated rings. The van der Waals surface area contributed by atoms with Crippen LogP contribution >= 0.6 is 0 Å². The molecule has 0 saturated carbocycles. The Morgan fingerprint density at radius 1 is 1.15 bits per heavy atom. The van der Waals surface area contributed by atoms with E-state index < -0.39 is 0 Å². The standard InChI is InChI=1S/C19H21N5O2/c1-13-9-24(10-15-6-4-3-5-7-15)11-17(25-13)19-23-22-18(26-19)16-8-20-12-21-14(16)2/h3-8,12-13,17H,9-11H2,1-2H3/t13-,17-/m1/s1. The minimum atomic E-state index is -0.242. The van der Waals surface area contributed by atoms with Gasteiger partial charge in [-0.15, -0.1) is 10.2 Å². The zero-order valence-electron chi connectivity index (χ0n) is 14.9. The molecule has 1 saturated heterocycles. The van der Waals surface area contributed by atoms with Crippen molar-refractivity contribution in [2.75, 3.05) is 13.1 Å². The smallest absolute Gasteiger partial charge is 0.251 e. The van der Waals surface area contributed by atoms with Gasteiger partial charge in [0.2, 0.25) is 5.89 Å². The van der Waals surface area contributed by atoms with E-state index in [4.69, 9.17) is 9.15 Å². The minimum Gasteiger partial charge on any atom is -0.418 e. The summed E-state index contributed by atoms with van der Waals surface area (Å²) in [6.45, 7) is 6.42. The van der Waals surface area contributed by atoms with Gasteiger partial charge in [-0.05, 0) is 19.4 Å². The van der Waals surface area contributed by atoms with Gasteiger partial charge < -0.3 is 9.15 Å². The normalized spacial score (nSPS) is 21.0. The van der Waals surface area contributed by atoms with Crippen molar-refractivity contribution in [2.24, 2.45) is 0 Å². The van der Waals surface area contributed by atoms with E-state index in [2.05, 4.69) is 56.3 Å². The van der Waals surface area contributed by atoms with E-state index in [1.54, 1.807) is 6.20 Å². The van der Waals surface area contributed by atoms with Gasteiger partial charge in [0, 0.05) is 25.8 Å². The maximum Gasteiger partial charge on any atom is 0.251 e. The van der Waals surface area contributed by atoms with Crippen LogP contribution in [0.2, 0.25) is 0 Å². The van der Waals surface area contributed by atoms with Gasteiger partial charge in [0.1, 0.15) is 12.4 Å². The predicted octanol–water partition coefficient (Wildman–Crippen LogP) is 2.80. The van der Waals surface area contributed by atoms with Crippen LogP contribution in [0.15, 0.2) is 47.3 Å². The van der Waals surface area contributed by atoms with Gasteiger partial charge in [-0.3, -0.25) is 4.90 Å². The van der Waals surface area contributed by atoms with Crippen LogP contribution in [-0.2, 0) is 11.3 Å². The highest BCUT2D eigenvalue weighted by molar-refractivity contribution is 5.53. The zero-order chi connectivity index (χ0) is 17.9. The lowest BCUT2D eigenvalue weighted by atomic mass is 10.1. The summed E-state index contributed by atoms with van der Waals surface area (Å²) in [5.41, 5.74) is 2.83. The van der Waals surface area contributed by atoms with Gasteiger partial charge in [0.05, 0.1) is 17.4 Å². The number of aromatic nitrogens is 4. The first kappa shape index (κ1) is 16.8. The topological polar surface area (TPSA) is 77.2 Å². The van der Waals surface area contributed by atoms with Crippen molar-refractivity contribution in [1.82, 2.24) is 25.1 Å². The molecule has 1 aromatic carbocycles. The van der Waals surface area contributed by atoms with E-state index in [-0.39, 0.29) is 12.2 Å². The summed E-state index contributed by atoms with van der Waals surface area (Å²) >= 11 is 0. The molecule has 1 aliphatic heterocycles. The quantitative estimate of drug-likeness (QED) is 0.715. The monoisotopic (exact) mass is 351 g/mol. The van der Waals surface area contributed by atoms with Gasteiger partial charge in [-0.1, -0.05) is 30.3 Å². The molecule has 4 rings (SSSR count). The van der Waals surface area contributed by atoms with Crippen molar-refractivity contribution in [2.45, 2.75) is 32.6 Å². The van der Waals surface area contributed by atoms with Crippen molar-refractivity contribution in [3.8, 4) is 11.5 Å². The number of rotatable bonds is 4. The highest BCUT2D eigenvalue weighted by Crippen LogP contribution is 2.28. The second-order valence-corrected chi connectivity index (χ2v) is 6.58. The lowest BCUT2D eigenvalue weighted by Crippen LogP contribution is -2.42. The Morgan fingerprint density at radius 3 is 2.81 bits per heavy atom. The largest absolute Gasteiger partial charge is 0.418 e. The number of aryl methyl sites for hydroxylation is 1. The van der Waals surface area contributed by atoms with Gasteiger partial charge in [-0.2, -0.15) is 0 Å². The van der Waals surface area contributed by atoms with Gasteiger partial charge in [-0.25, -0.2) is 9.97 Å². The molecule has 3 aromatic rings. The van der Waals surface area contributed by atoms with Crippen molar-refractivity contribution in [1.29, 1.82) is 0 Å². The first-order valence-corrected chi connectivity index (χ1v) is 8.71. The Morgan fingerprint density at radius 2 is 2.00 bits per heavy atom. The third kappa shape index (κ3) is 3.63. The fourth-order valence-corrected chi connectivity index (χ4v) is 3.22. The van der Waals surface area contributed by atoms with Crippen molar-refractivity contribution in [3.63, 3.8) is 0 Å². The average Bonchev–Trinajstić information content (AvgIpc) is 3.12. The highest BCUT2D eigenvalue weighted by atomic mass is 16.5. The molecule has 0 unspecified atom stereocenters. The molecule has 0 N–H and O–H groups in total. The fraction of sp³-hybridized carbons (Fsp3) is 0.368. The molecule has 0 amide bonds. The average molecular weight is 351 g/mol. The molecule has 7 heteroatoms. The highest BCUT2D eigenvalue weighted by Gasteiger charge is 2.30. The van der Waals surface area contributed by atoms with E-state index in [9.17, 15) is 0 Å². The molecule has 0 bridgehead atoms. The zero-order valence-corrected chi connectivity index (χ0v) is 14.9. The first-order chi connectivity index (χ1) is 12.7. The first-order valence-electron chi connectivity index (χ1n) is 8.71. The number of morpholine rings is 1. The lowest BCUT2D eigenvalue weighted by molar-refractivity contribution is -0.0914. The summed E-state index contributed by atoms with van der Waals surface area (Å²) in [5.74, 6) is 0.919. The van der Waals surface area contributed by atoms with Crippen LogP contribution in [0.5, 0.6) is 0 Å². The number of nitrogens with zero attached hydrogens (tertiary/aromatic N) is 5. The maximum atomic E-state index is 6.05. The number of hydrogen-bond donors (Lipinski definition) is 0. The molecule has 0 spiro atoms. The third-order valence-electron chi connectivity index (χ3n) is 4.44. The van der Waals surface area contributed by atoms with E-state index >= 15 is 0 Å². The fourth-order valence-electron chi connectivity index (χ4n) is 3.22. The van der Waals surface area contributed by atoms with E-state index in [1.165, 1.54) is 11.9 Å². The van der Waals surface area contributed by atoms with Crippen LogP contribution in [0.25, 0.3) is 11.5 Å². The Labute approximate surface area is 152 Å². The van der Waals surface area contributed by atoms with Crippen molar-refractivity contribution in [3.05, 3.63) is 60.0 Å². The second kappa shape index (κ2) is 7.31. The summed E-state index contributed by atoms with van der Waals surface area (Å²) in [6, 6.07) is 10.4. The minimum absolute atomic E-state index is 0.0922. The molecule has 2 atom stereocenters. The van der Waals surface area contributed by atoms with Crippen LogP contribution < -0.4 is 0 Å². The molecule has 0 radical (unpaired) electrons. The van der Waals surface area contributed by atoms with Crippen LogP contribution in [0.4, 0.5) is 0 Å². The maximum absolute atomic E-state index is 6.05. The van der Waals surface area contributed by atoms with Crippen LogP contribution in [-0.4, -0.2) is 44.3 Å². The van der Waals surface area contributed by atoms with E-state index in [0.717, 1.165) is 24.3 Å². The van der Waals surface area contributed by atoms with Crippen LogP contribution in [0.3, 0.4) is 0 Å². The number of benzene rings is 1. The molecule has 134 valence electrons. The molecule has 2 aromatic heterocycles. The van der Waals surface area contributed by atoms with Gasteiger partial charge in [0.15, 0.2) is 0 Å². The molecule has 3 heterocycles. The number of ether oxygens (including phenoxy) is 1. The molecular formula is C19H21N5O2. The SMILES string of the molecule is Cc1ncncc1-c1nnc([C@H]2CN(Cc3ccccc3)C[C@@H](C)O2)o1. The summed E-state index contributed by atoms with van der Waals surface area (Å²) in [6.07, 6.45) is 3.04. The van der Waals surface area contributed by atoms with Crippen LogP contribution in [0, 0.1) is 6.92 Å².